The molecule has 1 aliphatic heterocycles. The van der Waals surface area contributed by atoms with Crippen LogP contribution >= 0.6 is 15.9 Å². The molecule has 1 atom stereocenters. The molecule has 21 heavy (non-hydrogen) atoms. The number of fused-ring (bicyclic) bond motifs is 1. The molecule has 7 heteroatoms. The molecule has 0 aliphatic carbocycles. The summed E-state index contributed by atoms with van der Waals surface area (Å²) < 4.78 is 33.6. The van der Waals surface area contributed by atoms with Crippen molar-refractivity contribution in [1.29, 1.82) is 0 Å². The Kier molecular flexibility index (Phi) is 3.64. The van der Waals surface area contributed by atoms with Gasteiger partial charge in [-0.1, -0.05) is 18.2 Å². The van der Waals surface area contributed by atoms with Crippen LogP contribution in [0.4, 0.5) is 5.69 Å². The van der Waals surface area contributed by atoms with Crippen LogP contribution in [0, 0.1) is 0 Å². The van der Waals surface area contributed by atoms with Gasteiger partial charge in [-0.05, 0) is 40.2 Å². The molecule has 1 unspecified atom stereocenters. The van der Waals surface area contributed by atoms with Crippen LogP contribution < -0.4 is 15.2 Å². The fourth-order valence-electron chi connectivity index (χ4n) is 2.19. The molecule has 1 aliphatic rings. The average Bonchev–Trinajstić information content (AvgIpc) is 2.85. The molecule has 0 saturated heterocycles. The van der Waals surface area contributed by atoms with Gasteiger partial charge in [-0.2, -0.15) is 0 Å². The van der Waals surface area contributed by atoms with Crippen LogP contribution in [0.2, 0.25) is 0 Å². The van der Waals surface area contributed by atoms with Gasteiger partial charge in [-0.3, -0.25) is 0 Å². The number of anilines is 1. The molecule has 0 aromatic heterocycles. The van der Waals surface area contributed by atoms with E-state index in [-0.39, 0.29) is 17.5 Å². The van der Waals surface area contributed by atoms with E-state index in [4.69, 9.17) is 10.5 Å². The van der Waals surface area contributed by atoms with Crippen molar-refractivity contribution >= 4 is 31.6 Å². The summed E-state index contributed by atoms with van der Waals surface area (Å²) in [6, 6.07) is 11.5. The number of nitrogens with two attached hydrogens (primary N) is 1. The van der Waals surface area contributed by atoms with Crippen molar-refractivity contribution in [2.75, 3.05) is 12.3 Å². The van der Waals surface area contributed by atoms with Gasteiger partial charge in [0.05, 0.1) is 10.9 Å². The number of sulfonamides is 1. The van der Waals surface area contributed by atoms with Crippen molar-refractivity contribution in [1.82, 2.24) is 4.72 Å². The molecule has 5 nitrogen and oxygen atoms in total. The molecule has 2 aromatic rings. The molecule has 0 fully saturated rings. The second-order valence-corrected chi connectivity index (χ2v) is 7.27. The van der Waals surface area contributed by atoms with Crippen LogP contribution in [0.3, 0.4) is 0 Å². The molecular formula is C14H13BrN2O3S. The van der Waals surface area contributed by atoms with Gasteiger partial charge in [0.1, 0.15) is 12.4 Å². The molecule has 2 aromatic carbocycles. The standard InChI is InChI=1S/C14H13BrN2O3S/c15-11-7-9(5-6-12(11)16)21(18,19)17-13-8-20-14-4-2-1-3-10(13)14/h1-7,13,17H,8,16H2. The molecule has 0 amide bonds. The highest BCUT2D eigenvalue weighted by atomic mass is 79.9. The highest BCUT2D eigenvalue weighted by molar-refractivity contribution is 9.10. The Morgan fingerprint density at radius 2 is 2.00 bits per heavy atom. The Morgan fingerprint density at radius 1 is 1.24 bits per heavy atom. The first-order chi connectivity index (χ1) is 9.97. The summed E-state index contributed by atoms with van der Waals surface area (Å²) >= 11 is 3.24. The van der Waals surface area contributed by atoms with Gasteiger partial charge < -0.3 is 10.5 Å². The zero-order chi connectivity index (χ0) is 15.0. The molecule has 3 N–H and O–H groups in total. The summed E-state index contributed by atoms with van der Waals surface area (Å²) in [4.78, 5) is 0.160. The van der Waals surface area contributed by atoms with Gasteiger partial charge in [-0.15, -0.1) is 0 Å². The van der Waals surface area contributed by atoms with Crippen LogP contribution in [0.5, 0.6) is 5.75 Å². The van der Waals surface area contributed by atoms with Crippen molar-refractivity contribution in [3.63, 3.8) is 0 Å². The quantitative estimate of drug-likeness (QED) is 0.815. The lowest BCUT2D eigenvalue weighted by atomic mass is 10.1. The Morgan fingerprint density at radius 3 is 2.76 bits per heavy atom. The SMILES string of the molecule is Nc1ccc(S(=O)(=O)NC2COc3ccccc32)cc1Br. The molecule has 0 radical (unpaired) electrons. The highest BCUT2D eigenvalue weighted by Gasteiger charge is 2.28. The van der Waals surface area contributed by atoms with Gasteiger partial charge in [-0.25, -0.2) is 13.1 Å². The van der Waals surface area contributed by atoms with Gasteiger partial charge in [0, 0.05) is 15.7 Å². The third-order valence-electron chi connectivity index (χ3n) is 3.28. The normalized spacial score (nSPS) is 17.3. The second-order valence-electron chi connectivity index (χ2n) is 4.71. The predicted octanol–water partition coefficient (Wildman–Crippen LogP) is 2.44. The Bertz CT molecular complexity index is 793. The van der Waals surface area contributed by atoms with Crippen molar-refractivity contribution in [3.05, 3.63) is 52.5 Å². The Hall–Kier alpha value is -1.57. The number of para-hydroxylation sites is 1. The summed E-state index contributed by atoms with van der Waals surface area (Å²) in [5.74, 6) is 0.712. The van der Waals surface area contributed by atoms with E-state index in [0.717, 1.165) is 5.56 Å². The number of halogens is 1. The number of ether oxygens (including phenoxy) is 1. The number of hydrogen-bond acceptors (Lipinski definition) is 4. The first-order valence-corrected chi connectivity index (χ1v) is 8.54. The molecular weight excluding hydrogens is 356 g/mol. The lowest BCUT2D eigenvalue weighted by Crippen LogP contribution is -2.29. The van der Waals surface area contributed by atoms with Crippen LogP contribution in [-0.4, -0.2) is 15.0 Å². The third-order valence-corrected chi connectivity index (χ3v) is 5.44. The topological polar surface area (TPSA) is 81.4 Å². The number of nitrogens with one attached hydrogen (secondary N) is 1. The van der Waals surface area contributed by atoms with Gasteiger partial charge >= 0.3 is 0 Å². The fraction of sp³-hybridized carbons (Fsp3) is 0.143. The average molecular weight is 369 g/mol. The minimum absolute atomic E-state index is 0.160. The zero-order valence-electron chi connectivity index (χ0n) is 10.9. The van der Waals surface area contributed by atoms with Crippen molar-refractivity contribution < 1.29 is 13.2 Å². The second kappa shape index (κ2) is 5.32. The number of rotatable bonds is 3. The molecule has 1 heterocycles. The van der Waals surface area contributed by atoms with Crippen molar-refractivity contribution in [2.45, 2.75) is 10.9 Å². The molecule has 110 valence electrons. The number of hydrogen-bond donors (Lipinski definition) is 2. The molecule has 0 bridgehead atoms. The van der Waals surface area contributed by atoms with E-state index in [1.54, 1.807) is 6.07 Å². The first kappa shape index (κ1) is 14.4. The summed E-state index contributed by atoms with van der Waals surface area (Å²) in [7, 11) is -3.64. The summed E-state index contributed by atoms with van der Waals surface area (Å²) in [5, 5.41) is 0. The zero-order valence-corrected chi connectivity index (χ0v) is 13.3. The van der Waals surface area contributed by atoms with Gasteiger partial charge in [0.25, 0.3) is 0 Å². The van der Waals surface area contributed by atoms with E-state index >= 15 is 0 Å². The van der Waals surface area contributed by atoms with E-state index in [9.17, 15) is 8.42 Å². The molecule has 3 rings (SSSR count). The summed E-state index contributed by atoms with van der Waals surface area (Å²) in [5.41, 5.74) is 7.01. The van der Waals surface area contributed by atoms with Crippen molar-refractivity contribution in [3.8, 4) is 5.75 Å². The molecule has 0 spiro atoms. The van der Waals surface area contributed by atoms with Crippen LogP contribution in [0.15, 0.2) is 51.8 Å². The van der Waals surface area contributed by atoms with Crippen LogP contribution in [0.1, 0.15) is 11.6 Å². The van der Waals surface area contributed by atoms with E-state index in [0.29, 0.717) is 15.9 Å². The first-order valence-electron chi connectivity index (χ1n) is 6.26. The fourth-order valence-corrected chi connectivity index (χ4v) is 3.95. The van der Waals surface area contributed by atoms with Gasteiger partial charge in [0.15, 0.2) is 0 Å². The lowest BCUT2D eigenvalue weighted by molar-refractivity contribution is 0.325. The van der Waals surface area contributed by atoms with Crippen LogP contribution in [-0.2, 0) is 10.0 Å². The lowest BCUT2D eigenvalue weighted by Gasteiger charge is -2.13. The minimum atomic E-state index is -3.64. The monoisotopic (exact) mass is 368 g/mol. The van der Waals surface area contributed by atoms with E-state index in [2.05, 4.69) is 20.7 Å². The Labute approximate surface area is 131 Å². The highest BCUT2D eigenvalue weighted by Crippen LogP contribution is 2.33. The van der Waals surface area contributed by atoms with E-state index in [1.165, 1.54) is 12.1 Å². The predicted molar refractivity (Wildman–Crippen MR) is 83.6 cm³/mol. The third kappa shape index (κ3) is 2.76. The maximum Gasteiger partial charge on any atom is 0.241 e. The number of benzene rings is 2. The maximum atomic E-state index is 12.4. The van der Waals surface area contributed by atoms with Crippen molar-refractivity contribution in [2.24, 2.45) is 0 Å². The van der Waals surface area contributed by atoms with E-state index in [1.807, 2.05) is 24.3 Å². The smallest absolute Gasteiger partial charge is 0.241 e. The number of nitrogen functional groups attached to an aromatic ring is 1. The van der Waals surface area contributed by atoms with Crippen LogP contribution in [0.25, 0.3) is 0 Å². The van der Waals surface area contributed by atoms with E-state index < -0.39 is 10.0 Å². The Balaban J connectivity index is 1.89. The summed E-state index contributed by atoms with van der Waals surface area (Å²) in [6.45, 7) is 0.286. The van der Waals surface area contributed by atoms with Gasteiger partial charge in [0.2, 0.25) is 10.0 Å². The maximum absolute atomic E-state index is 12.4. The minimum Gasteiger partial charge on any atom is -0.491 e. The molecule has 0 saturated carbocycles. The largest absolute Gasteiger partial charge is 0.491 e. The summed E-state index contributed by atoms with van der Waals surface area (Å²) in [6.07, 6.45) is 0.